The Morgan fingerprint density at radius 1 is 1.12 bits per heavy atom. The van der Waals surface area contributed by atoms with E-state index in [1.54, 1.807) is 12.5 Å². The molecule has 0 spiro atoms. The first-order chi connectivity index (χ1) is 12.7. The minimum Gasteiger partial charge on any atom is -0.469 e. The van der Waals surface area contributed by atoms with Crippen LogP contribution in [0.3, 0.4) is 0 Å². The Morgan fingerprint density at radius 2 is 1.96 bits per heavy atom. The van der Waals surface area contributed by atoms with Gasteiger partial charge in [-0.15, -0.1) is 0 Å². The number of hydrogen-bond donors (Lipinski definition) is 0. The second-order valence-electron chi connectivity index (χ2n) is 6.72. The van der Waals surface area contributed by atoms with Gasteiger partial charge in [-0.1, -0.05) is 30.3 Å². The number of rotatable bonds is 2. The third-order valence-corrected chi connectivity index (χ3v) is 5.10. The molecule has 5 heteroatoms. The van der Waals surface area contributed by atoms with Crippen molar-refractivity contribution in [1.29, 1.82) is 0 Å². The second-order valence-corrected chi connectivity index (χ2v) is 6.72. The van der Waals surface area contributed by atoms with Crippen molar-refractivity contribution in [2.45, 2.75) is 25.7 Å². The van der Waals surface area contributed by atoms with Crippen molar-refractivity contribution in [3.05, 3.63) is 77.6 Å². The number of hydrogen-bond acceptors (Lipinski definition) is 4. The lowest BCUT2D eigenvalue weighted by Gasteiger charge is -2.22. The van der Waals surface area contributed by atoms with Crippen LogP contribution in [-0.2, 0) is 6.42 Å². The molecule has 26 heavy (non-hydrogen) atoms. The molecule has 0 unspecified atom stereocenters. The van der Waals surface area contributed by atoms with Gasteiger partial charge in [-0.05, 0) is 24.6 Å². The molecule has 4 aromatic rings. The fraction of sp³-hybridized carbons (Fsp3) is 0.190. The first-order valence-corrected chi connectivity index (χ1v) is 8.71. The van der Waals surface area contributed by atoms with Crippen LogP contribution in [0.4, 0.5) is 0 Å². The average Bonchev–Trinajstić information content (AvgIpc) is 3.29. The number of ketones is 1. The van der Waals surface area contributed by atoms with E-state index >= 15 is 0 Å². The minimum atomic E-state index is 0.0419. The SMILES string of the molecule is Cc1nn2c3c(cnc2c1-c1ccccc1)C(=O)C[C@H](c1ccco1)C3. The number of fused-ring (bicyclic) bond motifs is 3. The van der Waals surface area contributed by atoms with Gasteiger partial charge < -0.3 is 4.42 Å². The van der Waals surface area contributed by atoms with Crippen LogP contribution < -0.4 is 0 Å². The van der Waals surface area contributed by atoms with Gasteiger partial charge in [0.05, 0.1) is 23.2 Å². The topological polar surface area (TPSA) is 60.4 Å². The molecule has 1 aliphatic carbocycles. The highest BCUT2D eigenvalue weighted by Crippen LogP contribution is 2.35. The molecule has 0 aliphatic heterocycles. The Labute approximate surface area is 150 Å². The molecular formula is C21H17N3O2. The predicted octanol–water partition coefficient (Wildman–Crippen LogP) is 4.21. The number of carbonyl (C=O) groups is 1. The number of aryl methyl sites for hydroxylation is 1. The third kappa shape index (κ3) is 2.20. The maximum absolute atomic E-state index is 12.7. The fourth-order valence-corrected chi connectivity index (χ4v) is 3.87. The first-order valence-electron chi connectivity index (χ1n) is 8.71. The van der Waals surface area contributed by atoms with Crippen molar-refractivity contribution in [1.82, 2.24) is 14.6 Å². The largest absolute Gasteiger partial charge is 0.469 e. The zero-order valence-corrected chi connectivity index (χ0v) is 14.3. The van der Waals surface area contributed by atoms with Crippen molar-refractivity contribution < 1.29 is 9.21 Å². The molecular weight excluding hydrogens is 326 g/mol. The molecule has 5 rings (SSSR count). The molecule has 5 nitrogen and oxygen atoms in total. The molecule has 0 fully saturated rings. The first kappa shape index (κ1) is 15.1. The Balaban J connectivity index is 1.70. The Hall–Kier alpha value is -3.21. The van der Waals surface area contributed by atoms with E-state index in [-0.39, 0.29) is 11.7 Å². The van der Waals surface area contributed by atoms with Crippen LogP contribution in [0.25, 0.3) is 16.8 Å². The van der Waals surface area contributed by atoms with Crippen LogP contribution in [0.5, 0.6) is 0 Å². The van der Waals surface area contributed by atoms with Gasteiger partial charge in [-0.25, -0.2) is 9.50 Å². The summed E-state index contributed by atoms with van der Waals surface area (Å²) in [6.45, 7) is 1.98. The van der Waals surface area contributed by atoms with E-state index in [4.69, 9.17) is 9.52 Å². The maximum atomic E-state index is 12.7. The van der Waals surface area contributed by atoms with E-state index in [2.05, 4.69) is 17.1 Å². The van der Waals surface area contributed by atoms with Gasteiger partial charge in [-0.2, -0.15) is 5.10 Å². The lowest BCUT2D eigenvalue weighted by Crippen LogP contribution is -2.22. The van der Waals surface area contributed by atoms with Crippen molar-refractivity contribution in [3.8, 4) is 11.1 Å². The number of furan rings is 1. The molecule has 1 aromatic carbocycles. The highest BCUT2D eigenvalue weighted by molar-refractivity contribution is 5.99. The van der Waals surface area contributed by atoms with Gasteiger partial charge in [0.15, 0.2) is 11.4 Å². The molecule has 1 atom stereocenters. The van der Waals surface area contributed by atoms with Gasteiger partial charge in [0.25, 0.3) is 0 Å². The van der Waals surface area contributed by atoms with Gasteiger partial charge in [0.1, 0.15) is 5.76 Å². The molecule has 128 valence electrons. The molecule has 1 aliphatic rings. The van der Waals surface area contributed by atoms with Gasteiger partial charge in [0.2, 0.25) is 0 Å². The van der Waals surface area contributed by atoms with Crippen molar-refractivity contribution in [2.24, 2.45) is 0 Å². The van der Waals surface area contributed by atoms with Crippen LogP contribution in [0.2, 0.25) is 0 Å². The normalized spacial score (nSPS) is 16.8. The monoisotopic (exact) mass is 343 g/mol. The van der Waals surface area contributed by atoms with Crippen LogP contribution in [-0.4, -0.2) is 20.4 Å². The highest BCUT2D eigenvalue weighted by atomic mass is 16.3. The number of aromatic nitrogens is 3. The molecule has 3 heterocycles. The summed E-state index contributed by atoms with van der Waals surface area (Å²) in [7, 11) is 0. The van der Waals surface area contributed by atoms with Crippen LogP contribution >= 0.6 is 0 Å². The Bertz CT molecular complexity index is 1110. The maximum Gasteiger partial charge on any atom is 0.167 e. The van der Waals surface area contributed by atoms with E-state index in [1.165, 1.54) is 0 Å². The lowest BCUT2D eigenvalue weighted by molar-refractivity contribution is 0.0958. The summed E-state index contributed by atoms with van der Waals surface area (Å²) in [4.78, 5) is 17.3. The zero-order chi connectivity index (χ0) is 17.7. The average molecular weight is 343 g/mol. The Morgan fingerprint density at radius 3 is 2.73 bits per heavy atom. The molecule has 0 radical (unpaired) electrons. The lowest BCUT2D eigenvalue weighted by atomic mass is 9.85. The summed E-state index contributed by atoms with van der Waals surface area (Å²) < 4.78 is 7.40. The summed E-state index contributed by atoms with van der Waals surface area (Å²) in [5.41, 5.74) is 5.38. The Kier molecular flexibility index (Phi) is 3.28. The van der Waals surface area contributed by atoms with Crippen molar-refractivity contribution in [2.75, 3.05) is 0 Å². The quantitative estimate of drug-likeness (QED) is 0.547. The number of nitrogens with zero attached hydrogens (tertiary/aromatic N) is 3. The summed E-state index contributed by atoms with van der Waals surface area (Å²) >= 11 is 0. The van der Waals surface area contributed by atoms with Gasteiger partial charge in [-0.3, -0.25) is 4.79 Å². The molecule has 0 N–H and O–H groups in total. The second kappa shape index (κ2) is 5.66. The predicted molar refractivity (Wildman–Crippen MR) is 97.3 cm³/mol. The number of carbonyl (C=O) groups excluding carboxylic acids is 1. The van der Waals surface area contributed by atoms with E-state index in [0.29, 0.717) is 18.4 Å². The van der Waals surface area contributed by atoms with E-state index in [0.717, 1.165) is 33.9 Å². The van der Waals surface area contributed by atoms with Crippen molar-refractivity contribution in [3.63, 3.8) is 0 Å². The summed E-state index contributed by atoms with van der Waals surface area (Å²) in [5, 5.41) is 4.72. The van der Waals surface area contributed by atoms with Gasteiger partial charge >= 0.3 is 0 Å². The molecule has 0 saturated carbocycles. The standard InChI is InChI=1S/C21H17N3O2/c1-13-20(14-6-3-2-4-7-14)21-22-12-16-17(24(21)23-13)10-15(11-18(16)25)19-8-5-9-26-19/h2-9,12,15H,10-11H2,1H3/t15-/m1/s1. The molecule has 3 aromatic heterocycles. The fourth-order valence-electron chi connectivity index (χ4n) is 3.87. The van der Waals surface area contributed by atoms with Crippen LogP contribution in [0, 0.1) is 6.92 Å². The van der Waals surface area contributed by atoms with Crippen LogP contribution in [0.15, 0.2) is 59.3 Å². The smallest absolute Gasteiger partial charge is 0.167 e. The summed E-state index contributed by atoms with van der Waals surface area (Å²) in [6, 6.07) is 13.9. The number of Topliss-reactive ketones (excluding diaryl/α,β-unsaturated/α-hetero) is 1. The number of benzene rings is 1. The van der Waals surface area contributed by atoms with Crippen molar-refractivity contribution >= 4 is 11.4 Å². The van der Waals surface area contributed by atoms with E-state index in [9.17, 15) is 4.79 Å². The summed E-state index contributed by atoms with van der Waals surface area (Å²) in [5.74, 6) is 0.984. The molecule has 0 amide bonds. The van der Waals surface area contributed by atoms with Gasteiger partial charge in [0, 0.05) is 30.5 Å². The van der Waals surface area contributed by atoms with Crippen LogP contribution in [0.1, 0.15) is 39.8 Å². The highest BCUT2D eigenvalue weighted by Gasteiger charge is 2.31. The molecule has 0 saturated heterocycles. The molecule has 0 bridgehead atoms. The third-order valence-electron chi connectivity index (χ3n) is 5.10. The minimum absolute atomic E-state index is 0.0419. The summed E-state index contributed by atoms with van der Waals surface area (Å²) in [6.07, 6.45) is 4.52. The zero-order valence-electron chi connectivity index (χ0n) is 14.3. The van der Waals surface area contributed by atoms with E-state index < -0.39 is 0 Å². The van der Waals surface area contributed by atoms with E-state index in [1.807, 2.05) is 41.8 Å².